The molecule has 0 radical (unpaired) electrons. The molecule has 2 rings (SSSR count). The molecule has 0 spiro atoms. The van der Waals surface area contributed by atoms with E-state index in [0.29, 0.717) is 16.1 Å². The van der Waals surface area contributed by atoms with Crippen molar-refractivity contribution in [2.75, 3.05) is 6.61 Å². The molecular weight excluding hydrogens is 291 g/mol. The number of halogens is 4. The highest BCUT2D eigenvalue weighted by Crippen LogP contribution is 2.29. The van der Waals surface area contributed by atoms with Gasteiger partial charge in [-0.2, -0.15) is 13.2 Å². The monoisotopic (exact) mass is 303 g/mol. The molecule has 0 aliphatic heterocycles. The summed E-state index contributed by atoms with van der Waals surface area (Å²) in [5.74, 6) is 0.341. The van der Waals surface area contributed by atoms with Crippen molar-refractivity contribution >= 4 is 22.5 Å². The molecule has 0 aliphatic carbocycles. The van der Waals surface area contributed by atoms with Gasteiger partial charge in [-0.25, -0.2) is 4.98 Å². The summed E-state index contributed by atoms with van der Waals surface area (Å²) in [7, 11) is 0. The van der Waals surface area contributed by atoms with Gasteiger partial charge in [-0.05, 0) is 35.7 Å². The van der Waals surface area contributed by atoms with Crippen LogP contribution >= 0.6 is 11.6 Å². The van der Waals surface area contributed by atoms with Gasteiger partial charge in [-0.15, -0.1) is 0 Å². The number of pyridine rings is 1. The Bertz CT molecular complexity index is 626. The van der Waals surface area contributed by atoms with E-state index in [1.165, 1.54) is 12.1 Å². The minimum absolute atomic E-state index is 0.161. The van der Waals surface area contributed by atoms with E-state index in [4.69, 9.17) is 16.3 Å². The quantitative estimate of drug-likeness (QED) is 0.748. The van der Waals surface area contributed by atoms with E-state index in [2.05, 4.69) is 4.98 Å². The fourth-order valence-electron chi connectivity index (χ4n) is 1.81. The fraction of sp³-hybridized carbons (Fsp3) is 0.357. The number of ether oxygens (including phenoxy) is 1. The standard InChI is InChI=1S/C14H13ClF3NO/c1-8(2)11-6-9-5-10(20-7-14(16,17)18)3-4-12(9)19-13(11)15/h3-6,8H,7H2,1-2H3. The predicted octanol–water partition coefficient (Wildman–Crippen LogP) is 4.95. The summed E-state index contributed by atoms with van der Waals surface area (Å²) in [6, 6.07) is 6.41. The minimum Gasteiger partial charge on any atom is -0.484 e. The van der Waals surface area contributed by atoms with Crippen LogP contribution in [0.25, 0.3) is 10.9 Å². The Labute approximate surface area is 119 Å². The van der Waals surface area contributed by atoms with Gasteiger partial charge in [0.25, 0.3) is 0 Å². The van der Waals surface area contributed by atoms with E-state index in [1.807, 2.05) is 19.9 Å². The van der Waals surface area contributed by atoms with Crippen LogP contribution in [0.2, 0.25) is 5.15 Å². The molecule has 1 aromatic carbocycles. The van der Waals surface area contributed by atoms with Crippen LogP contribution in [0.15, 0.2) is 24.3 Å². The molecule has 0 amide bonds. The Morgan fingerprint density at radius 3 is 2.55 bits per heavy atom. The van der Waals surface area contributed by atoms with Crippen molar-refractivity contribution in [3.8, 4) is 5.75 Å². The molecule has 1 heterocycles. The topological polar surface area (TPSA) is 22.1 Å². The third kappa shape index (κ3) is 3.54. The van der Waals surface area contributed by atoms with Gasteiger partial charge in [0, 0.05) is 5.39 Å². The molecule has 0 aliphatic rings. The summed E-state index contributed by atoms with van der Waals surface area (Å²) in [6.45, 7) is 2.63. The van der Waals surface area contributed by atoms with E-state index in [0.717, 1.165) is 5.56 Å². The summed E-state index contributed by atoms with van der Waals surface area (Å²) < 4.78 is 41.1. The molecule has 0 N–H and O–H groups in total. The van der Waals surface area contributed by atoms with Crippen molar-refractivity contribution in [3.63, 3.8) is 0 Å². The van der Waals surface area contributed by atoms with Gasteiger partial charge in [-0.3, -0.25) is 0 Å². The molecule has 0 saturated heterocycles. The number of benzene rings is 1. The summed E-state index contributed by atoms with van der Waals surface area (Å²) in [6.07, 6.45) is -4.35. The Kier molecular flexibility index (Phi) is 4.09. The first-order valence-electron chi connectivity index (χ1n) is 6.06. The molecule has 2 nitrogen and oxygen atoms in total. The smallest absolute Gasteiger partial charge is 0.422 e. The first kappa shape index (κ1) is 14.9. The second-order valence-corrected chi connectivity index (χ2v) is 5.14. The van der Waals surface area contributed by atoms with Gasteiger partial charge in [0.05, 0.1) is 5.52 Å². The van der Waals surface area contributed by atoms with Gasteiger partial charge in [0.1, 0.15) is 10.9 Å². The number of hydrogen-bond donors (Lipinski definition) is 0. The van der Waals surface area contributed by atoms with Crippen LogP contribution in [0.5, 0.6) is 5.75 Å². The van der Waals surface area contributed by atoms with Crippen LogP contribution in [-0.2, 0) is 0 Å². The Morgan fingerprint density at radius 2 is 1.95 bits per heavy atom. The normalized spacial score (nSPS) is 12.2. The molecule has 0 unspecified atom stereocenters. The van der Waals surface area contributed by atoms with Gasteiger partial charge in [0.15, 0.2) is 6.61 Å². The molecule has 1 aromatic heterocycles. The summed E-state index contributed by atoms with van der Waals surface area (Å²) >= 11 is 6.07. The number of hydrogen-bond acceptors (Lipinski definition) is 2. The predicted molar refractivity (Wildman–Crippen MR) is 72.4 cm³/mol. The molecule has 2 aromatic rings. The van der Waals surface area contributed by atoms with E-state index in [1.54, 1.807) is 6.07 Å². The molecule has 108 valence electrons. The summed E-state index contributed by atoms with van der Waals surface area (Å²) in [5, 5.41) is 1.12. The zero-order valence-electron chi connectivity index (χ0n) is 11.0. The largest absolute Gasteiger partial charge is 0.484 e. The van der Waals surface area contributed by atoms with Crippen molar-refractivity contribution in [1.29, 1.82) is 0 Å². The molecule has 0 saturated carbocycles. The lowest BCUT2D eigenvalue weighted by molar-refractivity contribution is -0.153. The number of nitrogens with zero attached hydrogens (tertiary/aromatic N) is 1. The first-order chi connectivity index (χ1) is 9.26. The number of aromatic nitrogens is 1. The Hall–Kier alpha value is -1.49. The van der Waals surface area contributed by atoms with Gasteiger partial charge in [-0.1, -0.05) is 25.4 Å². The summed E-state index contributed by atoms with van der Waals surface area (Å²) in [4.78, 5) is 4.23. The Morgan fingerprint density at radius 1 is 1.25 bits per heavy atom. The second-order valence-electron chi connectivity index (χ2n) is 4.78. The maximum Gasteiger partial charge on any atom is 0.422 e. The van der Waals surface area contributed by atoms with Crippen LogP contribution < -0.4 is 4.74 Å². The SMILES string of the molecule is CC(C)c1cc2cc(OCC(F)(F)F)ccc2nc1Cl. The Balaban J connectivity index is 2.35. The van der Waals surface area contributed by atoms with Crippen molar-refractivity contribution in [3.05, 3.63) is 35.0 Å². The molecule has 0 fully saturated rings. The number of rotatable bonds is 3. The fourth-order valence-corrected chi connectivity index (χ4v) is 2.17. The maximum absolute atomic E-state index is 12.1. The molecule has 0 atom stereocenters. The maximum atomic E-state index is 12.1. The molecule has 0 bridgehead atoms. The van der Waals surface area contributed by atoms with Crippen molar-refractivity contribution in [1.82, 2.24) is 4.98 Å². The average molecular weight is 304 g/mol. The number of fused-ring (bicyclic) bond motifs is 1. The van der Waals surface area contributed by atoms with Crippen LogP contribution in [0.1, 0.15) is 25.3 Å². The molecule has 6 heteroatoms. The van der Waals surface area contributed by atoms with Crippen molar-refractivity contribution in [2.24, 2.45) is 0 Å². The van der Waals surface area contributed by atoms with E-state index in [9.17, 15) is 13.2 Å². The molecular formula is C14H13ClF3NO. The third-order valence-electron chi connectivity index (χ3n) is 2.79. The lowest BCUT2D eigenvalue weighted by atomic mass is 10.0. The van der Waals surface area contributed by atoms with E-state index >= 15 is 0 Å². The highest BCUT2D eigenvalue weighted by molar-refractivity contribution is 6.30. The van der Waals surface area contributed by atoms with Crippen molar-refractivity contribution in [2.45, 2.75) is 25.9 Å². The average Bonchev–Trinajstić information content (AvgIpc) is 2.34. The molecule has 20 heavy (non-hydrogen) atoms. The van der Waals surface area contributed by atoms with Crippen LogP contribution in [0.4, 0.5) is 13.2 Å². The van der Waals surface area contributed by atoms with Gasteiger partial charge < -0.3 is 4.74 Å². The third-order valence-corrected chi connectivity index (χ3v) is 3.09. The lowest BCUT2D eigenvalue weighted by Crippen LogP contribution is -2.19. The number of alkyl halides is 3. The lowest BCUT2D eigenvalue weighted by Gasteiger charge is -2.12. The zero-order valence-corrected chi connectivity index (χ0v) is 11.7. The van der Waals surface area contributed by atoms with Crippen LogP contribution in [0.3, 0.4) is 0 Å². The van der Waals surface area contributed by atoms with Gasteiger partial charge in [0.2, 0.25) is 0 Å². The van der Waals surface area contributed by atoms with Crippen LogP contribution in [0, 0.1) is 0 Å². The van der Waals surface area contributed by atoms with Gasteiger partial charge >= 0.3 is 6.18 Å². The minimum atomic E-state index is -4.35. The van der Waals surface area contributed by atoms with E-state index in [-0.39, 0.29) is 11.7 Å². The zero-order chi connectivity index (χ0) is 14.9. The summed E-state index contributed by atoms with van der Waals surface area (Å²) in [5.41, 5.74) is 1.48. The van der Waals surface area contributed by atoms with E-state index < -0.39 is 12.8 Å². The first-order valence-corrected chi connectivity index (χ1v) is 6.44. The second kappa shape index (κ2) is 5.48. The highest BCUT2D eigenvalue weighted by Gasteiger charge is 2.28. The van der Waals surface area contributed by atoms with Crippen LogP contribution in [-0.4, -0.2) is 17.8 Å². The highest BCUT2D eigenvalue weighted by atomic mass is 35.5. The van der Waals surface area contributed by atoms with Crippen molar-refractivity contribution < 1.29 is 17.9 Å².